The number of nitrogens with zero attached hydrogens (tertiary/aromatic N) is 1. The van der Waals surface area contributed by atoms with Gasteiger partial charge < -0.3 is 132 Å². The maximum absolute atomic E-state index is 14.3. The zero-order chi connectivity index (χ0) is 94.1. The van der Waals surface area contributed by atoms with Crippen LogP contribution in [0.15, 0.2) is 0 Å². The van der Waals surface area contributed by atoms with E-state index in [2.05, 4.69) is 37.2 Å². The van der Waals surface area contributed by atoms with Crippen LogP contribution in [0.2, 0.25) is 0 Å². The van der Waals surface area contributed by atoms with Gasteiger partial charge in [0.2, 0.25) is 47.3 Å². The number of likely N-dealkylation sites (tertiary alicyclic amines) is 1. The highest BCUT2D eigenvalue weighted by Crippen LogP contribution is 2.33. The van der Waals surface area contributed by atoms with Crippen molar-refractivity contribution in [2.75, 3.05) is 112 Å². The molecule has 127 heavy (non-hydrogen) atoms. The van der Waals surface area contributed by atoms with Gasteiger partial charge in [0.15, 0.2) is 55.5 Å². The van der Waals surface area contributed by atoms with E-state index in [0.717, 1.165) is 62.3 Å². The quantitative estimate of drug-likeness (QED) is 0.0222. The third kappa shape index (κ3) is 44.1. The molecule has 0 aliphatic carbocycles. The molecule has 0 bridgehead atoms. The molecule has 0 aromatic rings. The average molecular weight is 1820 g/mol. The van der Waals surface area contributed by atoms with Crippen molar-refractivity contribution >= 4 is 107 Å². The van der Waals surface area contributed by atoms with Crippen molar-refractivity contribution in [3.05, 3.63) is 0 Å². The van der Waals surface area contributed by atoms with Gasteiger partial charge in [0.05, 0.1) is 45.6 Å². The molecule has 45 nitrogen and oxygen atoms in total. The van der Waals surface area contributed by atoms with E-state index in [4.69, 9.17) is 90.4 Å². The first-order chi connectivity index (χ1) is 60.3. The maximum atomic E-state index is 14.3. The number of carbonyl (C=O) groups excluding carboxylic acids is 17. The number of esters is 9. The standard InChI is InChI=1S/C82H130N8O37/c1-48(91)86-69-75(122-57(10)100)72(119-54(7)97)61(42-116-51(4)94)125-79(69)113-34-22-16-13-19-31-83-64(103)28-37-110-45-82(89-78(109)60-40-90(41-60)67(106)26-25-27-68(107)108,46-111-38-29-65(104)84-32-20-14-17-23-35-114-80-70(87-49(2)92)76(123-58(11)101)73(120-55(8)98)62(126-80)43-117-52(5)95)47-112-39-30-66(105)85-33-21-15-18-24-36-115-81-71(88-50(3)93)77(124-59(12)102)74(121-56(9)99)63(127-81)44-118-53(6)96/h60-63,69-77,79-81H,13-47H2,1-12H3,(H,83,103)(H,84,104)(H,85,105)(H,86,91)(H,87,92)(H,88,93)(H,89,109)(H,107,108). The zero-order valence-electron chi connectivity index (χ0n) is 74.6. The van der Waals surface area contributed by atoms with Crippen LogP contribution in [0.5, 0.6) is 0 Å². The van der Waals surface area contributed by atoms with E-state index in [0.29, 0.717) is 77.0 Å². The Morgan fingerprint density at radius 2 is 0.622 bits per heavy atom. The molecule has 15 atom stereocenters. The second kappa shape index (κ2) is 59.3. The van der Waals surface area contributed by atoms with Crippen LogP contribution in [0.4, 0.5) is 0 Å². The molecule has 8 N–H and O–H groups in total. The molecule has 4 aliphatic rings. The highest BCUT2D eigenvalue weighted by atomic mass is 16.7. The molecular weight excluding hydrogens is 1690 g/mol. The molecule has 720 valence electrons. The van der Waals surface area contributed by atoms with Crippen LogP contribution in [0.3, 0.4) is 0 Å². The van der Waals surface area contributed by atoms with Crippen LogP contribution < -0.4 is 37.2 Å². The predicted molar refractivity (Wildman–Crippen MR) is 433 cm³/mol. The number of rotatable bonds is 60. The number of carboxylic acids is 1. The van der Waals surface area contributed by atoms with Crippen molar-refractivity contribution in [1.29, 1.82) is 0 Å². The molecule has 15 unspecified atom stereocenters. The normalized spacial score (nSPS) is 23.0. The lowest BCUT2D eigenvalue weighted by atomic mass is 9.95. The molecule has 4 saturated heterocycles. The average Bonchev–Trinajstić information content (AvgIpc) is 0.795. The Hall–Kier alpha value is -9.90. The number of hydrogen-bond acceptors (Lipinski definition) is 36. The zero-order valence-corrected chi connectivity index (χ0v) is 74.6. The van der Waals surface area contributed by atoms with Crippen LogP contribution in [-0.2, 0) is 172 Å². The van der Waals surface area contributed by atoms with Gasteiger partial charge in [0.25, 0.3) is 0 Å². The Morgan fingerprint density at radius 3 is 0.890 bits per heavy atom. The summed E-state index contributed by atoms with van der Waals surface area (Å²) in [7, 11) is 0. The van der Waals surface area contributed by atoms with Gasteiger partial charge in [0.1, 0.15) is 61.8 Å². The predicted octanol–water partition coefficient (Wildman–Crippen LogP) is -0.177. The van der Waals surface area contributed by atoms with E-state index in [9.17, 15) is 86.3 Å². The molecule has 0 aromatic heterocycles. The fraction of sp³-hybridized carbons (Fsp3) is 0.780. The molecular formula is C82H130N8O37. The molecule has 4 heterocycles. The molecule has 8 amide bonds. The Morgan fingerprint density at radius 1 is 0.339 bits per heavy atom. The first-order valence-corrected chi connectivity index (χ1v) is 42.7. The van der Waals surface area contributed by atoms with E-state index in [1.165, 1.54) is 25.7 Å². The third-order valence-corrected chi connectivity index (χ3v) is 19.6. The summed E-state index contributed by atoms with van der Waals surface area (Å²) in [6.07, 6.45) is -9.11. The first kappa shape index (κ1) is 109. The number of ether oxygens (including phenoxy) is 18. The summed E-state index contributed by atoms with van der Waals surface area (Å²) in [4.78, 5) is 226. The van der Waals surface area contributed by atoms with E-state index in [-0.39, 0.29) is 154 Å². The SMILES string of the molecule is CC(=O)NC1C(OCCCCCCNC(=O)CCOCC(COCCC(=O)NCCCCCCOC2OC(COC(C)=O)C(OC(C)=O)C(OC(C)=O)C2NC(C)=O)(COCCC(=O)NCCCCCCOC2OC(COC(C)=O)C(OC(C)=O)C(OC(C)=O)C2NC(C)=O)NC(=O)C2CN(C(=O)CCCC(=O)O)C2)OC(COC(C)=O)C(OC(C)=O)C1OC(C)=O. The number of carbonyl (C=O) groups is 18. The molecule has 0 saturated carbocycles. The highest BCUT2D eigenvalue weighted by molar-refractivity contribution is 5.85. The van der Waals surface area contributed by atoms with Crippen LogP contribution in [-0.4, -0.2) is 326 Å². The number of amides is 8. The van der Waals surface area contributed by atoms with E-state index in [1.54, 1.807) is 0 Å². The fourth-order valence-electron chi connectivity index (χ4n) is 13.9. The molecule has 4 aliphatic heterocycles. The van der Waals surface area contributed by atoms with Gasteiger partial charge in [-0.05, 0) is 44.9 Å². The van der Waals surface area contributed by atoms with Crippen LogP contribution in [0.1, 0.15) is 199 Å². The second-order valence-electron chi connectivity index (χ2n) is 31.0. The van der Waals surface area contributed by atoms with Crippen molar-refractivity contribution in [3.8, 4) is 0 Å². The smallest absolute Gasteiger partial charge is 0.303 e. The monoisotopic (exact) mass is 1820 g/mol. The first-order valence-electron chi connectivity index (χ1n) is 42.7. The van der Waals surface area contributed by atoms with E-state index in [1.807, 2.05) is 0 Å². The minimum absolute atomic E-state index is 0.00469. The fourth-order valence-corrected chi connectivity index (χ4v) is 13.9. The van der Waals surface area contributed by atoms with E-state index >= 15 is 0 Å². The molecule has 0 aromatic carbocycles. The lowest BCUT2D eigenvalue weighted by molar-refractivity contribution is -0.277. The van der Waals surface area contributed by atoms with Gasteiger partial charge in [-0.25, -0.2) is 0 Å². The maximum Gasteiger partial charge on any atom is 0.303 e. The minimum Gasteiger partial charge on any atom is -0.481 e. The van der Waals surface area contributed by atoms with Crippen molar-refractivity contribution in [2.45, 2.75) is 296 Å². The second-order valence-corrected chi connectivity index (χ2v) is 31.0. The van der Waals surface area contributed by atoms with Crippen molar-refractivity contribution in [2.24, 2.45) is 5.92 Å². The number of aliphatic carboxylic acids is 1. The van der Waals surface area contributed by atoms with Gasteiger partial charge in [-0.2, -0.15) is 0 Å². The van der Waals surface area contributed by atoms with Crippen molar-refractivity contribution < 1.29 is 177 Å². The topological polar surface area (TPSA) is 581 Å². The van der Waals surface area contributed by atoms with Crippen molar-refractivity contribution in [3.63, 3.8) is 0 Å². The third-order valence-electron chi connectivity index (χ3n) is 19.6. The molecule has 4 fully saturated rings. The molecule has 0 radical (unpaired) electrons. The number of nitrogens with one attached hydrogen (secondary N) is 7. The van der Waals surface area contributed by atoms with Crippen LogP contribution in [0, 0.1) is 5.92 Å². The van der Waals surface area contributed by atoms with Gasteiger partial charge in [0, 0.05) is 168 Å². The van der Waals surface area contributed by atoms with Gasteiger partial charge in [-0.1, -0.05) is 38.5 Å². The van der Waals surface area contributed by atoms with Gasteiger partial charge in [-0.15, -0.1) is 0 Å². The lowest BCUT2D eigenvalue weighted by Crippen LogP contribution is -2.66. The number of carboxylic acid groups (broad SMARTS) is 1. The Bertz CT molecular complexity index is 3280. The summed E-state index contributed by atoms with van der Waals surface area (Å²) in [5.41, 5.74) is -1.56. The highest BCUT2D eigenvalue weighted by Gasteiger charge is 2.55. The van der Waals surface area contributed by atoms with Crippen LogP contribution in [0.25, 0.3) is 0 Å². The summed E-state index contributed by atoms with van der Waals surface area (Å²) in [5.74, 6) is -12.1. The summed E-state index contributed by atoms with van der Waals surface area (Å²) in [5, 5.41) is 28.6. The summed E-state index contributed by atoms with van der Waals surface area (Å²) in [6.45, 7) is 12.1. The molecule has 4 rings (SSSR count). The molecule has 45 heteroatoms. The summed E-state index contributed by atoms with van der Waals surface area (Å²) in [6, 6.07) is -3.44. The number of hydrogen-bond donors (Lipinski definition) is 8. The van der Waals surface area contributed by atoms with Gasteiger partial charge >= 0.3 is 59.7 Å². The molecule has 0 spiro atoms. The largest absolute Gasteiger partial charge is 0.481 e. The van der Waals surface area contributed by atoms with Gasteiger partial charge in [-0.3, -0.25) is 86.3 Å². The lowest BCUT2D eigenvalue weighted by Gasteiger charge is -2.44. The Balaban J connectivity index is 1.41. The Labute approximate surface area is 737 Å². The van der Waals surface area contributed by atoms with Crippen molar-refractivity contribution in [1.82, 2.24) is 42.1 Å². The summed E-state index contributed by atoms with van der Waals surface area (Å²) < 4.78 is 103. The van der Waals surface area contributed by atoms with E-state index < -0.39 is 207 Å². The van der Waals surface area contributed by atoms with Crippen LogP contribution >= 0.6 is 0 Å². The Kier molecular flexibility index (Phi) is 51.1. The number of unbranched alkanes of at least 4 members (excludes halogenated alkanes) is 9. The minimum atomic E-state index is -1.56. The summed E-state index contributed by atoms with van der Waals surface area (Å²) >= 11 is 0.